The number of aliphatic hydroxyl groups is 2. The highest BCUT2D eigenvalue weighted by atomic mass is 16.8. The van der Waals surface area contributed by atoms with Crippen LogP contribution in [0.1, 0.15) is 20.8 Å². The Bertz CT molecular complexity index is 114. The largest absolute Gasteiger partial charge is 0.388 e. The van der Waals surface area contributed by atoms with Crippen LogP contribution >= 0.6 is 0 Å². The molecular weight excluding hydrogens is 148 g/mol. The number of methoxy groups -OCH3 is 1. The molecule has 0 saturated carbocycles. The third-order valence-corrected chi connectivity index (χ3v) is 1.07. The molecule has 0 aliphatic carbocycles. The van der Waals surface area contributed by atoms with Crippen LogP contribution in [0.4, 0.5) is 0 Å². The summed E-state index contributed by atoms with van der Waals surface area (Å²) < 4.78 is 9.38. The zero-order chi connectivity index (χ0) is 9.12. The molecule has 0 amide bonds. The van der Waals surface area contributed by atoms with Gasteiger partial charge in [-0.05, 0) is 13.8 Å². The quantitative estimate of drug-likeness (QED) is 0.578. The Hall–Kier alpha value is -0.160. The Balaban J connectivity index is 3.70. The van der Waals surface area contributed by atoms with E-state index < -0.39 is 11.6 Å². The normalized spacial score (nSPS) is 18.0. The molecule has 2 N–H and O–H groups in total. The van der Waals surface area contributed by atoms with Crippen molar-refractivity contribution in [3.8, 4) is 0 Å². The van der Waals surface area contributed by atoms with Crippen molar-refractivity contribution >= 4 is 0 Å². The van der Waals surface area contributed by atoms with Crippen molar-refractivity contribution in [1.82, 2.24) is 0 Å². The van der Waals surface area contributed by atoms with Gasteiger partial charge in [0.25, 0.3) is 5.97 Å². The lowest BCUT2D eigenvalue weighted by atomic mass is 10.2. The van der Waals surface area contributed by atoms with Gasteiger partial charge in [-0.2, -0.15) is 0 Å². The van der Waals surface area contributed by atoms with E-state index in [1.165, 1.54) is 14.0 Å². The third kappa shape index (κ3) is 6.25. The summed E-state index contributed by atoms with van der Waals surface area (Å²) in [5, 5.41) is 18.3. The summed E-state index contributed by atoms with van der Waals surface area (Å²) in [5.41, 5.74) is -0.956. The number of rotatable bonds is 4. The van der Waals surface area contributed by atoms with Gasteiger partial charge in [0.1, 0.15) is 0 Å². The lowest BCUT2D eigenvalue weighted by molar-refractivity contribution is -0.347. The molecule has 0 heterocycles. The molecule has 0 aromatic rings. The first-order valence-corrected chi connectivity index (χ1v) is 3.41. The van der Waals surface area contributed by atoms with Gasteiger partial charge in [0.05, 0.1) is 12.2 Å². The predicted molar refractivity (Wildman–Crippen MR) is 39.9 cm³/mol. The molecular formula is C7H16O4. The molecule has 1 atom stereocenters. The van der Waals surface area contributed by atoms with Crippen LogP contribution in [0.2, 0.25) is 0 Å². The maximum absolute atomic E-state index is 9.18. The molecule has 4 heteroatoms. The van der Waals surface area contributed by atoms with Gasteiger partial charge in [0, 0.05) is 14.0 Å². The van der Waals surface area contributed by atoms with E-state index in [1.807, 2.05) is 0 Å². The minimum absolute atomic E-state index is 0.0217. The van der Waals surface area contributed by atoms with Gasteiger partial charge in [-0.25, -0.2) is 0 Å². The molecule has 0 aliphatic heterocycles. The Labute approximate surface area is 66.7 Å². The van der Waals surface area contributed by atoms with Crippen molar-refractivity contribution in [2.24, 2.45) is 0 Å². The van der Waals surface area contributed by atoms with Gasteiger partial charge in [0.2, 0.25) is 0 Å². The van der Waals surface area contributed by atoms with Crippen LogP contribution in [0, 0.1) is 0 Å². The fourth-order valence-corrected chi connectivity index (χ4v) is 0.369. The van der Waals surface area contributed by atoms with Crippen molar-refractivity contribution in [2.75, 3.05) is 13.7 Å². The van der Waals surface area contributed by atoms with Crippen molar-refractivity contribution in [2.45, 2.75) is 32.3 Å². The van der Waals surface area contributed by atoms with Crippen LogP contribution in [-0.4, -0.2) is 35.5 Å². The van der Waals surface area contributed by atoms with E-state index in [0.29, 0.717) is 0 Å². The molecule has 0 bridgehead atoms. The van der Waals surface area contributed by atoms with E-state index in [-0.39, 0.29) is 6.61 Å². The SMILES string of the molecule is COC(C)(O)OCC(C)(C)O. The maximum Gasteiger partial charge on any atom is 0.277 e. The number of ether oxygens (including phenoxy) is 2. The van der Waals surface area contributed by atoms with Gasteiger partial charge in [-0.3, -0.25) is 0 Å². The lowest BCUT2D eigenvalue weighted by Crippen LogP contribution is -2.37. The molecule has 0 aliphatic rings. The van der Waals surface area contributed by atoms with Crippen molar-refractivity contribution in [1.29, 1.82) is 0 Å². The first kappa shape index (κ1) is 10.8. The van der Waals surface area contributed by atoms with Crippen LogP contribution in [0.3, 0.4) is 0 Å². The molecule has 0 saturated heterocycles. The fraction of sp³-hybridized carbons (Fsp3) is 1.00. The van der Waals surface area contributed by atoms with E-state index in [2.05, 4.69) is 4.74 Å². The smallest absolute Gasteiger partial charge is 0.277 e. The predicted octanol–water partition coefficient (Wildman–Crippen LogP) is 0.0863. The minimum Gasteiger partial charge on any atom is -0.388 e. The third-order valence-electron chi connectivity index (χ3n) is 1.07. The van der Waals surface area contributed by atoms with Gasteiger partial charge in [-0.1, -0.05) is 0 Å². The zero-order valence-electron chi connectivity index (χ0n) is 7.42. The summed E-state index contributed by atoms with van der Waals surface area (Å²) in [7, 11) is 1.32. The highest BCUT2D eigenvalue weighted by Crippen LogP contribution is 2.10. The van der Waals surface area contributed by atoms with Crippen LogP contribution < -0.4 is 0 Å². The van der Waals surface area contributed by atoms with Gasteiger partial charge >= 0.3 is 0 Å². The van der Waals surface area contributed by atoms with Crippen molar-refractivity contribution in [3.05, 3.63) is 0 Å². The van der Waals surface area contributed by atoms with E-state index in [4.69, 9.17) is 9.84 Å². The van der Waals surface area contributed by atoms with Gasteiger partial charge < -0.3 is 19.7 Å². The second kappa shape index (κ2) is 3.49. The maximum atomic E-state index is 9.18. The Kier molecular flexibility index (Phi) is 3.44. The molecule has 11 heavy (non-hydrogen) atoms. The fourth-order valence-electron chi connectivity index (χ4n) is 0.369. The monoisotopic (exact) mass is 164 g/mol. The molecule has 4 nitrogen and oxygen atoms in total. The first-order valence-electron chi connectivity index (χ1n) is 3.41. The van der Waals surface area contributed by atoms with Crippen LogP contribution in [-0.2, 0) is 9.47 Å². The molecule has 0 aromatic heterocycles. The van der Waals surface area contributed by atoms with Crippen molar-refractivity contribution in [3.63, 3.8) is 0 Å². The molecule has 68 valence electrons. The average Bonchev–Trinajstić information content (AvgIpc) is 1.83. The van der Waals surface area contributed by atoms with E-state index in [1.54, 1.807) is 13.8 Å². The summed E-state index contributed by atoms with van der Waals surface area (Å²) in [6.45, 7) is 4.55. The van der Waals surface area contributed by atoms with E-state index >= 15 is 0 Å². The van der Waals surface area contributed by atoms with Gasteiger partial charge in [0.15, 0.2) is 0 Å². The summed E-state index contributed by atoms with van der Waals surface area (Å²) in [6, 6.07) is 0. The molecule has 0 spiro atoms. The summed E-state index contributed by atoms with van der Waals surface area (Å²) in [4.78, 5) is 0. The van der Waals surface area contributed by atoms with Crippen molar-refractivity contribution < 1.29 is 19.7 Å². The van der Waals surface area contributed by atoms with Crippen LogP contribution in [0.15, 0.2) is 0 Å². The van der Waals surface area contributed by atoms with Crippen LogP contribution in [0.5, 0.6) is 0 Å². The second-order valence-electron chi connectivity index (χ2n) is 3.20. The first-order chi connectivity index (χ1) is 4.77. The molecule has 1 unspecified atom stereocenters. The van der Waals surface area contributed by atoms with Gasteiger partial charge in [-0.15, -0.1) is 0 Å². The zero-order valence-corrected chi connectivity index (χ0v) is 7.42. The molecule has 0 fully saturated rings. The molecule has 0 aromatic carbocycles. The second-order valence-corrected chi connectivity index (χ2v) is 3.20. The molecule has 0 rings (SSSR count). The number of hydrogen-bond donors (Lipinski definition) is 2. The van der Waals surface area contributed by atoms with E-state index in [0.717, 1.165) is 0 Å². The standard InChI is InChI=1S/C7H16O4/c1-6(2,8)5-11-7(3,9)10-4/h8-9H,5H2,1-4H3. The van der Waals surface area contributed by atoms with E-state index in [9.17, 15) is 5.11 Å². The Morgan fingerprint density at radius 3 is 1.91 bits per heavy atom. The van der Waals surface area contributed by atoms with Crippen LogP contribution in [0.25, 0.3) is 0 Å². The number of hydrogen-bond acceptors (Lipinski definition) is 4. The lowest BCUT2D eigenvalue weighted by Gasteiger charge is -2.25. The minimum atomic E-state index is -1.61. The highest BCUT2D eigenvalue weighted by Gasteiger charge is 2.24. The average molecular weight is 164 g/mol. The molecule has 0 radical (unpaired) electrons. The highest BCUT2D eigenvalue weighted by molar-refractivity contribution is 4.63. The topological polar surface area (TPSA) is 58.9 Å². The Morgan fingerprint density at radius 1 is 1.18 bits per heavy atom. The summed E-state index contributed by atoms with van der Waals surface area (Å²) in [5.74, 6) is -1.61. The Morgan fingerprint density at radius 2 is 1.64 bits per heavy atom. The summed E-state index contributed by atoms with van der Waals surface area (Å²) >= 11 is 0. The summed E-state index contributed by atoms with van der Waals surface area (Å²) in [6.07, 6.45) is 0.